The van der Waals surface area contributed by atoms with Crippen LogP contribution in [0.15, 0.2) is 30.5 Å². The van der Waals surface area contributed by atoms with Crippen molar-refractivity contribution < 1.29 is 13.5 Å². The van der Waals surface area contributed by atoms with E-state index >= 15 is 0 Å². The third-order valence-corrected chi connectivity index (χ3v) is 3.89. The van der Waals surface area contributed by atoms with Crippen LogP contribution in [0.4, 0.5) is 8.78 Å². The molecule has 5 heteroatoms. The molecule has 0 spiro atoms. The van der Waals surface area contributed by atoms with Crippen LogP contribution in [0.2, 0.25) is 0 Å². The highest BCUT2D eigenvalue weighted by atomic mass is 19.2. The zero-order chi connectivity index (χ0) is 15.0. The highest BCUT2D eigenvalue weighted by Crippen LogP contribution is 2.40. The van der Waals surface area contributed by atoms with Crippen molar-refractivity contribution in [3.05, 3.63) is 47.7 Å². The lowest BCUT2D eigenvalue weighted by molar-refractivity contribution is 0.372. The van der Waals surface area contributed by atoms with Gasteiger partial charge in [0.2, 0.25) is 5.82 Å². The first-order valence-corrected chi connectivity index (χ1v) is 6.80. The molecule has 1 aromatic heterocycles. The van der Waals surface area contributed by atoms with Gasteiger partial charge in [-0.05, 0) is 37.2 Å². The molecule has 3 nitrogen and oxygen atoms in total. The van der Waals surface area contributed by atoms with E-state index in [9.17, 15) is 8.78 Å². The second-order valence-electron chi connectivity index (χ2n) is 5.19. The number of pyridine rings is 1. The van der Waals surface area contributed by atoms with Crippen LogP contribution in [0.3, 0.4) is 0 Å². The maximum absolute atomic E-state index is 13.5. The van der Waals surface area contributed by atoms with Gasteiger partial charge in [-0.2, -0.15) is 4.39 Å². The average molecular weight is 290 g/mol. The summed E-state index contributed by atoms with van der Waals surface area (Å²) in [5.74, 6) is -1.54. The van der Waals surface area contributed by atoms with Gasteiger partial charge >= 0.3 is 0 Å². The molecule has 0 unspecified atom stereocenters. The van der Waals surface area contributed by atoms with Crippen molar-refractivity contribution in [3.8, 4) is 17.0 Å². The monoisotopic (exact) mass is 290 g/mol. The van der Waals surface area contributed by atoms with E-state index in [1.54, 1.807) is 6.20 Å². The standard InChI is InChI=1S/C16H16F2N2O/c1-19-14-7-11(14)9-3-4-13(20-8-9)10-5-12(17)16(18)15(6-10)21-2/h3-6,8,11,14,19H,7H2,1-2H3/t11-,14+/m1/s1. The minimum Gasteiger partial charge on any atom is -0.494 e. The van der Waals surface area contributed by atoms with Crippen molar-refractivity contribution in [1.82, 2.24) is 10.3 Å². The molecule has 1 fully saturated rings. The molecule has 0 radical (unpaired) electrons. The summed E-state index contributed by atoms with van der Waals surface area (Å²) in [6, 6.07) is 6.91. The minimum absolute atomic E-state index is 0.117. The van der Waals surface area contributed by atoms with Crippen molar-refractivity contribution in [2.24, 2.45) is 0 Å². The highest BCUT2D eigenvalue weighted by Gasteiger charge is 2.37. The van der Waals surface area contributed by atoms with Gasteiger partial charge in [0.25, 0.3) is 0 Å². The fraction of sp³-hybridized carbons (Fsp3) is 0.312. The highest BCUT2D eigenvalue weighted by molar-refractivity contribution is 5.62. The summed E-state index contributed by atoms with van der Waals surface area (Å²) in [7, 11) is 3.25. The zero-order valence-electron chi connectivity index (χ0n) is 11.9. The molecule has 1 aliphatic carbocycles. The lowest BCUT2D eigenvalue weighted by Gasteiger charge is -2.07. The number of nitrogens with zero attached hydrogens (tertiary/aromatic N) is 1. The predicted octanol–water partition coefficient (Wildman–Crippen LogP) is 3.11. The molecule has 1 heterocycles. The van der Waals surface area contributed by atoms with Crippen LogP contribution in [-0.4, -0.2) is 25.2 Å². The summed E-state index contributed by atoms with van der Waals surface area (Å²) in [4.78, 5) is 4.35. The Morgan fingerprint density at radius 1 is 1.29 bits per heavy atom. The zero-order valence-corrected chi connectivity index (χ0v) is 11.9. The minimum atomic E-state index is -0.979. The quantitative estimate of drug-likeness (QED) is 0.939. The van der Waals surface area contributed by atoms with E-state index in [2.05, 4.69) is 10.3 Å². The molecule has 1 saturated carbocycles. The third kappa shape index (κ3) is 2.61. The number of methoxy groups -OCH3 is 1. The third-order valence-electron chi connectivity index (χ3n) is 3.89. The van der Waals surface area contributed by atoms with E-state index in [-0.39, 0.29) is 5.75 Å². The molecule has 2 atom stereocenters. The first-order valence-electron chi connectivity index (χ1n) is 6.80. The van der Waals surface area contributed by atoms with Crippen LogP contribution in [0.5, 0.6) is 5.75 Å². The van der Waals surface area contributed by atoms with Crippen molar-refractivity contribution in [1.29, 1.82) is 0 Å². The summed E-state index contributed by atoms with van der Waals surface area (Å²) in [6.07, 6.45) is 2.90. The number of ether oxygens (including phenoxy) is 1. The number of hydrogen-bond acceptors (Lipinski definition) is 3. The van der Waals surface area contributed by atoms with Gasteiger partial charge in [-0.15, -0.1) is 0 Å². The molecule has 1 N–H and O–H groups in total. The van der Waals surface area contributed by atoms with Gasteiger partial charge in [0.15, 0.2) is 11.6 Å². The van der Waals surface area contributed by atoms with Crippen molar-refractivity contribution in [3.63, 3.8) is 0 Å². The first kappa shape index (κ1) is 13.9. The molecule has 0 aliphatic heterocycles. The average Bonchev–Trinajstić information content (AvgIpc) is 3.30. The Morgan fingerprint density at radius 3 is 2.67 bits per heavy atom. The fourth-order valence-electron chi connectivity index (χ4n) is 2.54. The Morgan fingerprint density at radius 2 is 2.10 bits per heavy atom. The van der Waals surface area contributed by atoms with Gasteiger partial charge in [-0.25, -0.2) is 4.39 Å². The topological polar surface area (TPSA) is 34.1 Å². The molecule has 110 valence electrons. The normalized spacial score (nSPS) is 20.4. The Balaban J connectivity index is 1.89. The predicted molar refractivity (Wildman–Crippen MR) is 76.3 cm³/mol. The summed E-state index contributed by atoms with van der Waals surface area (Å²) in [5.41, 5.74) is 2.25. The van der Waals surface area contributed by atoms with Gasteiger partial charge in [0.05, 0.1) is 12.8 Å². The van der Waals surface area contributed by atoms with E-state index in [4.69, 9.17) is 4.74 Å². The van der Waals surface area contributed by atoms with Gasteiger partial charge in [0.1, 0.15) is 0 Å². The van der Waals surface area contributed by atoms with E-state index in [0.717, 1.165) is 18.1 Å². The van der Waals surface area contributed by atoms with Crippen LogP contribution in [0, 0.1) is 11.6 Å². The molecule has 1 aromatic carbocycles. The molecule has 21 heavy (non-hydrogen) atoms. The SMILES string of the molecule is CN[C@H]1C[C@@H]1c1ccc(-c2cc(F)c(F)c(OC)c2)nc1. The number of rotatable bonds is 4. The molecule has 0 bridgehead atoms. The van der Waals surface area contributed by atoms with Crippen molar-refractivity contribution in [2.75, 3.05) is 14.2 Å². The van der Waals surface area contributed by atoms with Crippen LogP contribution in [0.25, 0.3) is 11.3 Å². The largest absolute Gasteiger partial charge is 0.494 e. The smallest absolute Gasteiger partial charge is 0.200 e. The summed E-state index contributed by atoms with van der Waals surface area (Å²) >= 11 is 0. The number of aromatic nitrogens is 1. The van der Waals surface area contributed by atoms with E-state index < -0.39 is 11.6 Å². The molecule has 0 saturated heterocycles. The maximum Gasteiger partial charge on any atom is 0.200 e. The van der Waals surface area contributed by atoms with Crippen molar-refractivity contribution >= 4 is 0 Å². The molecular formula is C16H16F2N2O. The van der Waals surface area contributed by atoms with Crippen LogP contribution in [-0.2, 0) is 0 Å². The second-order valence-corrected chi connectivity index (χ2v) is 5.19. The first-order chi connectivity index (χ1) is 10.1. The van der Waals surface area contributed by atoms with Crippen LogP contribution in [0.1, 0.15) is 17.9 Å². The van der Waals surface area contributed by atoms with Gasteiger partial charge in [-0.1, -0.05) is 6.07 Å². The van der Waals surface area contributed by atoms with E-state index in [0.29, 0.717) is 23.2 Å². The molecular weight excluding hydrogens is 274 g/mol. The summed E-state index contributed by atoms with van der Waals surface area (Å²) < 4.78 is 31.8. The number of likely N-dealkylation sites (N-methyl/N-ethyl adjacent to an activating group) is 1. The van der Waals surface area contributed by atoms with Gasteiger partial charge in [-0.3, -0.25) is 4.98 Å². The Bertz CT molecular complexity index is 658. The molecule has 2 aromatic rings. The Kier molecular flexibility index (Phi) is 3.59. The lowest BCUT2D eigenvalue weighted by atomic mass is 10.1. The lowest BCUT2D eigenvalue weighted by Crippen LogP contribution is -2.10. The van der Waals surface area contributed by atoms with Crippen molar-refractivity contribution in [2.45, 2.75) is 18.4 Å². The summed E-state index contributed by atoms with van der Waals surface area (Å²) in [6.45, 7) is 0. The van der Waals surface area contributed by atoms with E-state index in [1.165, 1.54) is 13.2 Å². The number of hydrogen-bond donors (Lipinski definition) is 1. The Labute approximate surface area is 122 Å². The Hall–Kier alpha value is -2.01. The number of halogens is 2. The second kappa shape index (κ2) is 5.41. The van der Waals surface area contributed by atoms with Gasteiger partial charge < -0.3 is 10.1 Å². The molecule has 0 amide bonds. The van der Waals surface area contributed by atoms with Crippen LogP contribution >= 0.6 is 0 Å². The maximum atomic E-state index is 13.5. The van der Waals surface area contributed by atoms with Crippen LogP contribution < -0.4 is 10.1 Å². The van der Waals surface area contributed by atoms with E-state index in [1.807, 2.05) is 19.2 Å². The molecule has 3 rings (SSSR count). The van der Waals surface area contributed by atoms with Gasteiger partial charge in [0, 0.05) is 23.7 Å². The molecule has 1 aliphatic rings. The summed E-state index contributed by atoms with van der Waals surface area (Å²) in [5, 5.41) is 3.23. The number of benzene rings is 1. The number of nitrogens with one attached hydrogen (secondary N) is 1. The fourth-order valence-corrected chi connectivity index (χ4v) is 2.54.